The topological polar surface area (TPSA) is 102 Å². The normalized spacial score (nSPS) is 10.6. The molecule has 150 valence electrons. The zero-order valence-corrected chi connectivity index (χ0v) is 16.3. The number of fused-ring (bicyclic) bond motifs is 1. The second-order valence-electron chi connectivity index (χ2n) is 6.31. The van der Waals surface area contributed by atoms with Gasteiger partial charge in [-0.25, -0.2) is 4.68 Å². The quantitative estimate of drug-likeness (QED) is 0.621. The number of aromatic nitrogens is 2. The van der Waals surface area contributed by atoms with Crippen LogP contribution in [0.3, 0.4) is 0 Å². The van der Waals surface area contributed by atoms with Gasteiger partial charge >= 0.3 is 0 Å². The summed E-state index contributed by atoms with van der Waals surface area (Å²) in [7, 11) is 0. The molecule has 0 aliphatic carbocycles. The van der Waals surface area contributed by atoms with E-state index in [-0.39, 0.29) is 17.9 Å². The fraction of sp³-hybridized carbons (Fsp3) is 0.238. The SMILES string of the molecule is CCc1cccc(OCC(=O)NNC(=O)c2nn(CC)c(=O)c3ccccc23)c1. The van der Waals surface area contributed by atoms with Crippen molar-refractivity contribution >= 4 is 22.6 Å². The minimum Gasteiger partial charge on any atom is -0.484 e. The summed E-state index contributed by atoms with van der Waals surface area (Å²) in [5, 5.41) is 4.93. The molecule has 0 saturated carbocycles. The van der Waals surface area contributed by atoms with Gasteiger partial charge in [-0.2, -0.15) is 5.10 Å². The summed E-state index contributed by atoms with van der Waals surface area (Å²) in [6, 6.07) is 14.2. The first kappa shape index (κ1) is 20.1. The Morgan fingerprint density at radius 2 is 1.79 bits per heavy atom. The molecule has 0 aliphatic rings. The van der Waals surface area contributed by atoms with Crippen molar-refractivity contribution in [2.45, 2.75) is 26.8 Å². The van der Waals surface area contributed by atoms with E-state index in [0.29, 0.717) is 23.1 Å². The van der Waals surface area contributed by atoms with Gasteiger partial charge in [-0.1, -0.05) is 37.3 Å². The third-order valence-corrected chi connectivity index (χ3v) is 4.37. The van der Waals surface area contributed by atoms with Gasteiger partial charge in [0, 0.05) is 11.9 Å². The van der Waals surface area contributed by atoms with Gasteiger partial charge in [0.2, 0.25) is 0 Å². The Labute approximate surface area is 167 Å². The van der Waals surface area contributed by atoms with Crippen molar-refractivity contribution in [1.82, 2.24) is 20.6 Å². The van der Waals surface area contributed by atoms with Gasteiger partial charge in [-0.05, 0) is 37.1 Å². The molecular formula is C21H22N4O4. The molecule has 2 N–H and O–H groups in total. The first-order chi connectivity index (χ1) is 14.0. The Kier molecular flexibility index (Phi) is 6.23. The van der Waals surface area contributed by atoms with Crippen molar-refractivity contribution in [1.29, 1.82) is 0 Å². The number of nitrogens with one attached hydrogen (secondary N) is 2. The lowest BCUT2D eigenvalue weighted by Crippen LogP contribution is -2.44. The van der Waals surface area contributed by atoms with Crippen LogP contribution in [0.15, 0.2) is 53.3 Å². The van der Waals surface area contributed by atoms with E-state index in [1.807, 2.05) is 25.1 Å². The van der Waals surface area contributed by atoms with Crippen molar-refractivity contribution < 1.29 is 14.3 Å². The second kappa shape index (κ2) is 9.01. The van der Waals surface area contributed by atoms with Crippen molar-refractivity contribution in [2.24, 2.45) is 0 Å². The number of amides is 2. The largest absolute Gasteiger partial charge is 0.484 e. The summed E-state index contributed by atoms with van der Waals surface area (Å²) in [6.07, 6.45) is 0.861. The molecule has 3 aromatic rings. The highest BCUT2D eigenvalue weighted by Gasteiger charge is 2.16. The van der Waals surface area contributed by atoms with E-state index in [2.05, 4.69) is 16.0 Å². The minimum atomic E-state index is -0.621. The van der Waals surface area contributed by atoms with Crippen LogP contribution in [-0.4, -0.2) is 28.2 Å². The molecule has 0 aliphatic heterocycles. The molecule has 0 fully saturated rings. The standard InChI is InChI=1S/C21H22N4O4/c1-3-14-8-7-9-15(12-14)29-13-18(26)22-23-20(27)19-16-10-5-6-11-17(16)21(28)25(4-2)24-19/h5-12H,3-4,13H2,1-2H3,(H,22,26)(H,23,27). The number of aryl methyl sites for hydroxylation is 2. The predicted octanol–water partition coefficient (Wildman–Crippen LogP) is 1.82. The van der Waals surface area contributed by atoms with E-state index >= 15 is 0 Å². The van der Waals surface area contributed by atoms with Gasteiger partial charge in [-0.3, -0.25) is 25.2 Å². The van der Waals surface area contributed by atoms with Crippen molar-refractivity contribution in [2.75, 3.05) is 6.61 Å². The zero-order valence-electron chi connectivity index (χ0n) is 16.3. The predicted molar refractivity (Wildman–Crippen MR) is 109 cm³/mol. The van der Waals surface area contributed by atoms with Crippen LogP contribution in [0.2, 0.25) is 0 Å². The molecule has 0 saturated heterocycles. The molecule has 1 heterocycles. The summed E-state index contributed by atoms with van der Waals surface area (Å²) >= 11 is 0. The smallest absolute Gasteiger partial charge is 0.290 e. The first-order valence-electron chi connectivity index (χ1n) is 9.34. The molecule has 0 unspecified atom stereocenters. The summed E-state index contributed by atoms with van der Waals surface area (Å²) in [5.41, 5.74) is 5.51. The lowest BCUT2D eigenvalue weighted by Gasteiger charge is -2.11. The van der Waals surface area contributed by atoms with Crippen LogP contribution in [0, 0.1) is 0 Å². The number of carbonyl (C=O) groups is 2. The Morgan fingerprint density at radius 1 is 1.03 bits per heavy atom. The number of nitrogens with zero attached hydrogens (tertiary/aromatic N) is 2. The number of benzene rings is 2. The molecule has 3 rings (SSSR count). The molecule has 8 heteroatoms. The summed E-state index contributed by atoms with van der Waals surface area (Å²) < 4.78 is 6.66. The molecule has 8 nitrogen and oxygen atoms in total. The van der Waals surface area contributed by atoms with Crippen LogP contribution in [0.4, 0.5) is 0 Å². The van der Waals surface area contributed by atoms with E-state index in [9.17, 15) is 14.4 Å². The number of hydrazine groups is 1. The van der Waals surface area contributed by atoms with E-state index in [4.69, 9.17) is 4.74 Å². The molecule has 0 spiro atoms. The van der Waals surface area contributed by atoms with Crippen molar-refractivity contribution in [3.05, 3.63) is 70.1 Å². The first-order valence-corrected chi connectivity index (χ1v) is 9.34. The third kappa shape index (κ3) is 4.60. The summed E-state index contributed by atoms with van der Waals surface area (Å²) in [4.78, 5) is 36.9. The Hall–Kier alpha value is -3.68. The molecular weight excluding hydrogens is 372 g/mol. The molecule has 0 bridgehead atoms. The highest BCUT2D eigenvalue weighted by atomic mass is 16.5. The van der Waals surface area contributed by atoms with Gasteiger partial charge in [0.1, 0.15) is 5.75 Å². The highest BCUT2D eigenvalue weighted by molar-refractivity contribution is 6.05. The average Bonchev–Trinajstić information content (AvgIpc) is 2.76. The molecule has 0 atom stereocenters. The van der Waals surface area contributed by atoms with Gasteiger partial charge in [-0.15, -0.1) is 0 Å². The zero-order chi connectivity index (χ0) is 20.8. The highest BCUT2D eigenvalue weighted by Crippen LogP contribution is 2.14. The van der Waals surface area contributed by atoms with E-state index < -0.39 is 11.8 Å². The second-order valence-corrected chi connectivity index (χ2v) is 6.31. The molecule has 1 aromatic heterocycles. The lowest BCUT2D eigenvalue weighted by atomic mass is 10.1. The number of hydrogen-bond acceptors (Lipinski definition) is 5. The van der Waals surface area contributed by atoms with Gasteiger partial charge < -0.3 is 4.74 Å². The van der Waals surface area contributed by atoms with Crippen LogP contribution in [0.25, 0.3) is 10.8 Å². The van der Waals surface area contributed by atoms with E-state index in [1.54, 1.807) is 37.3 Å². The van der Waals surface area contributed by atoms with Crippen LogP contribution in [0.1, 0.15) is 29.9 Å². The van der Waals surface area contributed by atoms with Crippen molar-refractivity contribution in [3.63, 3.8) is 0 Å². The minimum absolute atomic E-state index is 0.0546. The Morgan fingerprint density at radius 3 is 2.52 bits per heavy atom. The van der Waals surface area contributed by atoms with Crippen LogP contribution in [-0.2, 0) is 17.8 Å². The maximum atomic E-state index is 12.6. The van der Waals surface area contributed by atoms with E-state index in [1.165, 1.54) is 4.68 Å². The van der Waals surface area contributed by atoms with Crippen LogP contribution >= 0.6 is 0 Å². The van der Waals surface area contributed by atoms with Crippen molar-refractivity contribution in [3.8, 4) is 5.75 Å². The summed E-state index contributed by atoms with van der Waals surface area (Å²) in [5.74, 6) is -0.563. The lowest BCUT2D eigenvalue weighted by molar-refractivity contribution is -0.123. The summed E-state index contributed by atoms with van der Waals surface area (Å²) in [6.45, 7) is 3.86. The van der Waals surface area contributed by atoms with Crippen LogP contribution < -0.4 is 21.1 Å². The molecule has 0 radical (unpaired) electrons. The monoisotopic (exact) mass is 394 g/mol. The fourth-order valence-corrected chi connectivity index (χ4v) is 2.84. The number of hydrogen-bond donors (Lipinski definition) is 2. The number of carbonyl (C=O) groups excluding carboxylic acids is 2. The molecule has 2 amide bonds. The van der Waals surface area contributed by atoms with Gasteiger partial charge in [0.05, 0.1) is 5.39 Å². The van der Waals surface area contributed by atoms with Gasteiger partial charge in [0.25, 0.3) is 17.4 Å². The third-order valence-electron chi connectivity index (χ3n) is 4.37. The van der Waals surface area contributed by atoms with E-state index in [0.717, 1.165) is 12.0 Å². The number of ether oxygens (including phenoxy) is 1. The maximum Gasteiger partial charge on any atom is 0.290 e. The average molecular weight is 394 g/mol. The van der Waals surface area contributed by atoms with Crippen LogP contribution in [0.5, 0.6) is 5.75 Å². The molecule has 29 heavy (non-hydrogen) atoms. The maximum absolute atomic E-state index is 12.6. The fourth-order valence-electron chi connectivity index (χ4n) is 2.84. The Bertz CT molecular complexity index is 1110. The molecule has 2 aromatic carbocycles. The van der Waals surface area contributed by atoms with Gasteiger partial charge in [0.15, 0.2) is 12.3 Å². The Balaban J connectivity index is 1.67. The number of rotatable bonds is 6.